The average molecular weight is 369 g/mol. The second kappa shape index (κ2) is 8.39. The molecule has 0 aliphatic carbocycles. The minimum atomic E-state index is -0.305. The number of carbonyl (C=O) groups excluding carboxylic acids is 2. The maximum absolute atomic E-state index is 12.6. The predicted molar refractivity (Wildman–Crippen MR) is 105 cm³/mol. The minimum absolute atomic E-state index is 0.0567. The number of nitrogens with zero attached hydrogens (tertiary/aromatic N) is 2. The van der Waals surface area contributed by atoms with E-state index in [9.17, 15) is 9.59 Å². The highest BCUT2D eigenvalue weighted by atomic mass is 16.5. The highest BCUT2D eigenvalue weighted by molar-refractivity contribution is 5.85. The van der Waals surface area contributed by atoms with Crippen LogP contribution in [0.3, 0.4) is 0 Å². The molecule has 1 unspecified atom stereocenters. The summed E-state index contributed by atoms with van der Waals surface area (Å²) < 4.78 is 5.26. The van der Waals surface area contributed by atoms with E-state index in [4.69, 9.17) is 10.5 Å². The largest absolute Gasteiger partial charge is 0.497 e. The van der Waals surface area contributed by atoms with Gasteiger partial charge in [0.05, 0.1) is 13.7 Å². The first-order valence-electron chi connectivity index (χ1n) is 9.29. The van der Waals surface area contributed by atoms with Crippen molar-refractivity contribution in [1.82, 2.24) is 9.80 Å². The highest BCUT2D eigenvalue weighted by Gasteiger charge is 2.28. The second-order valence-electron chi connectivity index (χ2n) is 7.23. The van der Waals surface area contributed by atoms with Gasteiger partial charge in [-0.3, -0.25) is 14.5 Å². The summed E-state index contributed by atoms with van der Waals surface area (Å²) in [4.78, 5) is 27.7. The van der Waals surface area contributed by atoms with Crippen molar-refractivity contribution in [1.29, 1.82) is 0 Å². The topological polar surface area (TPSA) is 75.9 Å². The first-order valence-corrected chi connectivity index (χ1v) is 9.29. The fraction of sp³-hybridized carbons (Fsp3) is 0.429. The number of carbonyl (C=O) groups is 2. The molecule has 0 saturated carbocycles. The molecule has 0 aromatic heterocycles. The molecule has 2 amide bonds. The van der Waals surface area contributed by atoms with Gasteiger partial charge in [0, 0.05) is 26.1 Å². The third-order valence-corrected chi connectivity index (χ3v) is 5.23. The molecule has 6 nitrogen and oxygen atoms in total. The number of ether oxygens (including phenoxy) is 1. The first kappa shape index (κ1) is 19.2. The van der Waals surface area contributed by atoms with Crippen molar-refractivity contribution in [3.63, 3.8) is 0 Å². The summed E-state index contributed by atoms with van der Waals surface area (Å²) in [6.45, 7) is 1.73. The number of likely N-dealkylation sites (tertiary alicyclic amines) is 1. The summed E-state index contributed by atoms with van der Waals surface area (Å²) in [5.41, 5.74) is 6.40. The zero-order valence-electron chi connectivity index (χ0n) is 16.0. The van der Waals surface area contributed by atoms with E-state index >= 15 is 0 Å². The van der Waals surface area contributed by atoms with Crippen LogP contribution in [0.25, 0.3) is 10.8 Å². The number of amides is 2. The van der Waals surface area contributed by atoms with Crippen molar-refractivity contribution in [2.24, 2.45) is 5.73 Å². The maximum atomic E-state index is 12.6. The van der Waals surface area contributed by atoms with Crippen molar-refractivity contribution >= 4 is 22.6 Å². The van der Waals surface area contributed by atoms with E-state index in [1.807, 2.05) is 31.3 Å². The van der Waals surface area contributed by atoms with Gasteiger partial charge in [0.25, 0.3) is 0 Å². The smallest absolute Gasteiger partial charge is 0.236 e. The fourth-order valence-electron chi connectivity index (χ4n) is 3.72. The van der Waals surface area contributed by atoms with Crippen molar-refractivity contribution < 1.29 is 14.3 Å². The lowest BCUT2D eigenvalue weighted by molar-refractivity contribution is -0.132. The number of benzene rings is 2. The molecule has 3 rings (SSSR count). The van der Waals surface area contributed by atoms with Gasteiger partial charge in [0.1, 0.15) is 5.75 Å². The van der Waals surface area contributed by atoms with Gasteiger partial charge in [-0.15, -0.1) is 0 Å². The molecule has 1 heterocycles. The van der Waals surface area contributed by atoms with Gasteiger partial charge in [0.2, 0.25) is 11.8 Å². The van der Waals surface area contributed by atoms with Gasteiger partial charge in [-0.1, -0.05) is 18.2 Å². The van der Waals surface area contributed by atoms with Crippen LogP contribution in [0.4, 0.5) is 0 Å². The standard InChI is InChI=1S/C21H27N3O3/c1-23(21(26)14-24-9-3-4-18(24)12-20(22)25)13-15-5-6-17-11-19(27-2)8-7-16(17)10-15/h5-8,10-11,18H,3-4,9,12-14H2,1-2H3,(H2,22,25). The number of hydrogen-bond donors (Lipinski definition) is 1. The molecule has 2 N–H and O–H groups in total. The molecule has 1 aliphatic rings. The molecule has 2 aromatic rings. The minimum Gasteiger partial charge on any atom is -0.497 e. The Bertz CT molecular complexity index is 837. The van der Waals surface area contributed by atoms with Crippen LogP contribution < -0.4 is 10.5 Å². The number of primary amides is 1. The zero-order valence-corrected chi connectivity index (χ0v) is 16.0. The van der Waals surface area contributed by atoms with Crippen LogP contribution in [0.2, 0.25) is 0 Å². The Morgan fingerprint density at radius 3 is 2.70 bits per heavy atom. The molecule has 1 fully saturated rings. The molecule has 1 saturated heterocycles. The predicted octanol–water partition coefficient (Wildman–Crippen LogP) is 2.15. The number of nitrogens with two attached hydrogens (primary N) is 1. The lowest BCUT2D eigenvalue weighted by Crippen LogP contribution is -2.41. The Kier molecular flexibility index (Phi) is 5.96. The molecule has 27 heavy (non-hydrogen) atoms. The van der Waals surface area contributed by atoms with Crippen molar-refractivity contribution in [2.75, 3.05) is 27.2 Å². The molecule has 2 aromatic carbocycles. The van der Waals surface area contributed by atoms with E-state index in [1.165, 1.54) is 0 Å². The molecule has 1 aliphatic heterocycles. The van der Waals surface area contributed by atoms with E-state index in [0.29, 0.717) is 19.5 Å². The molecule has 0 bridgehead atoms. The van der Waals surface area contributed by atoms with E-state index in [1.54, 1.807) is 12.0 Å². The molecule has 1 atom stereocenters. The van der Waals surface area contributed by atoms with E-state index < -0.39 is 0 Å². The van der Waals surface area contributed by atoms with Gasteiger partial charge in [-0.25, -0.2) is 0 Å². The third-order valence-electron chi connectivity index (χ3n) is 5.23. The maximum Gasteiger partial charge on any atom is 0.236 e. The first-order chi connectivity index (χ1) is 13.0. The van der Waals surface area contributed by atoms with Gasteiger partial charge in [-0.2, -0.15) is 0 Å². The molecule has 6 heteroatoms. The van der Waals surface area contributed by atoms with E-state index in [2.05, 4.69) is 17.0 Å². The van der Waals surface area contributed by atoms with Gasteiger partial charge in [0.15, 0.2) is 0 Å². The highest BCUT2D eigenvalue weighted by Crippen LogP contribution is 2.23. The number of methoxy groups -OCH3 is 1. The van der Waals surface area contributed by atoms with Crippen LogP contribution in [-0.2, 0) is 16.1 Å². The van der Waals surface area contributed by atoms with Crippen LogP contribution in [0.5, 0.6) is 5.75 Å². The van der Waals surface area contributed by atoms with Crippen LogP contribution in [0.15, 0.2) is 36.4 Å². The number of likely N-dealkylation sites (N-methyl/N-ethyl adjacent to an activating group) is 1. The summed E-state index contributed by atoms with van der Waals surface area (Å²) >= 11 is 0. The van der Waals surface area contributed by atoms with Crippen molar-refractivity contribution in [2.45, 2.75) is 31.8 Å². The summed E-state index contributed by atoms with van der Waals surface area (Å²) in [5.74, 6) is 0.584. The van der Waals surface area contributed by atoms with Crippen LogP contribution >= 0.6 is 0 Å². The quantitative estimate of drug-likeness (QED) is 0.811. The summed E-state index contributed by atoms with van der Waals surface area (Å²) in [7, 11) is 3.48. The van der Waals surface area contributed by atoms with Crippen molar-refractivity contribution in [3.05, 3.63) is 42.0 Å². The molecule has 144 valence electrons. The summed E-state index contributed by atoms with van der Waals surface area (Å²) in [6, 6.07) is 12.2. The van der Waals surface area contributed by atoms with Gasteiger partial charge < -0.3 is 15.4 Å². The van der Waals surface area contributed by atoms with Crippen LogP contribution in [0, 0.1) is 0 Å². The Hall–Kier alpha value is -2.60. The van der Waals surface area contributed by atoms with E-state index in [0.717, 1.165) is 41.5 Å². The summed E-state index contributed by atoms with van der Waals surface area (Å²) in [5, 5.41) is 2.23. The second-order valence-corrected chi connectivity index (χ2v) is 7.23. The van der Waals surface area contributed by atoms with Crippen LogP contribution in [-0.4, -0.2) is 54.9 Å². The molecule has 0 radical (unpaired) electrons. The Morgan fingerprint density at radius 2 is 1.96 bits per heavy atom. The van der Waals surface area contributed by atoms with E-state index in [-0.39, 0.29) is 17.9 Å². The Morgan fingerprint density at radius 1 is 1.22 bits per heavy atom. The normalized spacial score (nSPS) is 17.2. The molecular formula is C21H27N3O3. The lowest BCUT2D eigenvalue weighted by Gasteiger charge is -2.26. The van der Waals surface area contributed by atoms with Gasteiger partial charge in [-0.05, 0) is 53.9 Å². The summed E-state index contributed by atoms with van der Waals surface area (Å²) in [6.07, 6.45) is 2.25. The Balaban J connectivity index is 1.62. The molecule has 0 spiro atoms. The Labute approximate surface area is 159 Å². The van der Waals surface area contributed by atoms with Gasteiger partial charge >= 0.3 is 0 Å². The third kappa shape index (κ3) is 4.77. The average Bonchev–Trinajstić information content (AvgIpc) is 3.07. The monoisotopic (exact) mass is 369 g/mol. The van der Waals surface area contributed by atoms with Crippen LogP contribution in [0.1, 0.15) is 24.8 Å². The number of rotatable bonds is 7. The molecular weight excluding hydrogens is 342 g/mol. The SMILES string of the molecule is COc1ccc2cc(CN(C)C(=O)CN3CCCC3CC(N)=O)ccc2c1. The number of hydrogen-bond acceptors (Lipinski definition) is 4. The zero-order chi connectivity index (χ0) is 19.4. The lowest BCUT2D eigenvalue weighted by atomic mass is 10.1. The fourth-order valence-corrected chi connectivity index (χ4v) is 3.72. The van der Waals surface area contributed by atoms with Crippen molar-refractivity contribution in [3.8, 4) is 5.75 Å². The number of fused-ring (bicyclic) bond motifs is 1.